The van der Waals surface area contributed by atoms with Gasteiger partial charge in [0.25, 0.3) is 5.91 Å². The van der Waals surface area contributed by atoms with Crippen LogP contribution in [0.15, 0.2) is 72.8 Å². The third-order valence-corrected chi connectivity index (χ3v) is 7.29. The SMILES string of the molecule is Cc1cc(N)nc(C)c1CNC(=O)c1ccc2c(c1)[C@@H]1O[C@H]2c2ccc(C(O)c3ccccc3)cc21. The van der Waals surface area contributed by atoms with Crippen LogP contribution in [0.1, 0.15) is 78.9 Å². The molecule has 3 heterocycles. The summed E-state index contributed by atoms with van der Waals surface area (Å²) in [4.78, 5) is 17.3. The molecule has 0 saturated heterocycles. The van der Waals surface area contributed by atoms with E-state index < -0.39 is 6.10 Å². The summed E-state index contributed by atoms with van der Waals surface area (Å²) in [5, 5.41) is 13.9. The highest BCUT2D eigenvalue weighted by Gasteiger charge is 2.43. The molecule has 3 atom stereocenters. The number of carbonyl (C=O) groups is 1. The maximum absolute atomic E-state index is 13.0. The summed E-state index contributed by atoms with van der Waals surface area (Å²) in [6.45, 7) is 4.25. The Kier molecular flexibility index (Phi) is 5.36. The predicted octanol–water partition coefficient (Wildman–Crippen LogP) is 4.81. The fourth-order valence-corrected chi connectivity index (χ4v) is 5.43. The molecule has 6 heteroatoms. The van der Waals surface area contributed by atoms with Crippen LogP contribution in [0.5, 0.6) is 0 Å². The standard InChI is InChI=1S/C30H27N3O3/c1-16-12-26(31)33-17(2)25(16)15-32-30(35)20-9-11-22-24(14-20)29-23-13-19(8-10-21(23)28(22)36-29)27(34)18-6-4-3-5-7-18/h3-14,27-29,34H,15H2,1-2H3,(H2,31,33)(H,32,35)/t27?,28-,29+/m0/s1. The molecule has 2 aliphatic rings. The van der Waals surface area contributed by atoms with Gasteiger partial charge in [0, 0.05) is 17.8 Å². The van der Waals surface area contributed by atoms with E-state index in [9.17, 15) is 9.90 Å². The molecule has 6 rings (SSSR count). The Balaban J connectivity index is 1.24. The molecule has 0 aliphatic carbocycles. The lowest BCUT2D eigenvalue weighted by atomic mass is 9.83. The van der Waals surface area contributed by atoms with Gasteiger partial charge in [-0.25, -0.2) is 4.98 Å². The third-order valence-electron chi connectivity index (χ3n) is 7.29. The lowest BCUT2D eigenvalue weighted by Crippen LogP contribution is -2.24. The number of ether oxygens (including phenoxy) is 1. The Hall–Kier alpha value is -4.00. The number of benzene rings is 3. The van der Waals surface area contributed by atoms with Crippen molar-refractivity contribution in [2.75, 3.05) is 5.73 Å². The van der Waals surface area contributed by atoms with Crippen molar-refractivity contribution in [3.05, 3.63) is 129 Å². The minimum Gasteiger partial charge on any atom is -0.384 e. The molecule has 2 aliphatic heterocycles. The molecule has 1 unspecified atom stereocenters. The lowest BCUT2D eigenvalue weighted by molar-refractivity contribution is 0.0856. The third kappa shape index (κ3) is 3.66. The van der Waals surface area contributed by atoms with E-state index in [1.807, 2.05) is 80.6 Å². The van der Waals surface area contributed by atoms with Crippen LogP contribution in [0.3, 0.4) is 0 Å². The number of nitrogens with one attached hydrogen (secondary N) is 1. The topological polar surface area (TPSA) is 97.5 Å². The molecular weight excluding hydrogens is 450 g/mol. The molecule has 0 fully saturated rings. The average Bonchev–Trinajstić information content (AvgIpc) is 3.45. The second-order valence-electron chi connectivity index (χ2n) is 9.55. The van der Waals surface area contributed by atoms with Gasteiger partial charge in [0.1, 0.15) is 24.1 Å². The number of nitrogen functional groups attached to an aromatic ring is 1. The quantitative estimate of drug-likeness (QED) is 0.383. The van der Waals surface area contributed by atoms with Crippen molar-refractivity contribution in [1.29, 1.82) is 0 Å². The molecular formula is C30H27N3O3. The zero-order chi connectivity index (χ0) is 25.0. The molecule has 0 saturated carbocycles. The molecule has 0 spiro atoms. The van der Waals surface area contributed by atoms with Gasteiger partial charge in [-0.2, -0.15) is 0 Å². The molecule has 6 nitrogen and oxygen atoms in total. The summed E-state index contributed by atoms with van der Waals surface area (Å²) in [7, 11) is 0. The van der Waals surface area contributed by atoms with Crippen molar-refractivity contribution in [2.45, 2.75) is 38.7 Å². The van der Waals surface area contributed by atoms with Crippen molar-refractivity contribution in [1.82, 2.24) is 10.3 Å². The minimum atomic E-state index is -0.707. The van der Waals surface area contributed by atoms with Crippen molar-refractivity contribution < 1.29 is 14.6 Å². The van der Waals surface area contributed by atoms with E-state index in [1.165, 1.54) is 0 Å². The first-order valence-electron chi connectivity index (χ1n) is 12.1. The van der Waals surface area contributed by atoms with E-state index in [2.05, 4.69) is 16.4 Å². The Morgan fingerprint density at radius 1 is 0.944 bits per heavy atom. The van der Waals surface area contributed by atoms with Gasteiger partial charge in [-0.05, 0) is 82.6 Å². The van der Waals surface area contributed by atoms with Gasteiger partial charge in [0.2, 0.25) is 0 Å². The van der Waals surface area contributed by atoms with Crippen molar-refractivity contribution in [2.24, 2.45) is 0 Å². The molecule has 4 N–H and O–H groups in total. The summed E-state index contributed by atoms with van der Waals surface area (Å²) < 4.78 is 6.33. The number of carbonyl (C=O) groups excluding carboxylic acids is 1. The number of pyridine rings is 1. The zero-order valence-electron chi connectivity index (χ0n) is 20.2. The largest absolute Gasteiger partial charge is 0.384 e. The van der Waals surface area contributed by atoms with Gasteiger partial charge in [0.05, 0.1) is 0 Å². The van der Waals surface area contributed by atoms with Crippen molar-refractivity contribution in [3.63, 3.8) is 0 Å². The van der Waals surface area contributed by atoms with Crippen molar-refractivity contribution in [3.8, 4) is 0 Å². The molecule has 4 aromatic rings. The van der Waals surface area contributed by atoms with E-state index in [1.54, 1.807) is 0 Å². The number of aromatic nitrogens is 1. The molecule has 2 bridgehead atoms. The van der Waals surface area contributed by atoms with Crippen LogP contribution in [-0.4, -0.2) is 16.0 Å². The van der Waals surface area contributed by atoms with Gasteiger partial charge < -0.3 is 20.9 Å². The molecule has 3 aromatic carbocycles. The Morgan fingerprint density at radius 3 is 2.39 bits per heavy atom. The van der Waals surface area contributed by atoms with E-state index in [0.29, 0.717) is 17.9 Å². The van der Waals surface area contributed by atoms with Crippen LogP contribution >= 0.6 is 0 Å². The van der Waals surface area contributed by atoms with Crippen LogP contribution in [0.25, 0.3) is 0 Å². The normalized spacial score (nSPS) is 18.0. The number of anilines is 1. The number of hydrogen-bond acceptors (Lipinski definition) is 5. The van der Waals surface area contributed by atoms with Crippen LogP contribution in [0, 0.1) is 13.8 Å². The van der Waals surface area contributed by atoms with Gasteiger partial charge in [-0.15, -0.1) is 0 Å². The van der Waals surface area contributed by atoms with Crippen LogP contribution in [-0.2, 0) is 11.3 Å². The summed E-state index contributed by atoms with van der Waals surface area (Å²) >= 11 is 0. The summed E-state index contributed by atoms with van der Waals surface area (Å²) in [6.07, 6.45) is -1.10. The number of nitrogens with zero attached hydrogens (tertiary/aromatic N) is 1. The first-order chi connectivity index (χ1) is 17.4. The molecule has 36 heavy (non-hydrogen) atoms. The molecule has 1 aromatic heterocycles. The second kappa shape index (κ2) is 8.59. The highest BCUT2D eigenvalue weighted by molar-refractivity contribution is 5.94. The van der Waals surface area contributed by atoms with Crippen LogP contribution in [0.2, 0.25) is 0 Å². The Bertz CT molecular complexity index is 1480. The van der Waals surface area contributed by atoms with Crippen LogP contribution in [0.4, 0.5) is 5.82 Å². The minimum absolute atomic E-state index is 0.147. The van der Waals surface area contributed by atoms with Crippen LogP contribution < -0.4 is 11.1 Å². The second-order valence-corrected chi connectivity index (χ2v) is 9.55. The summed E-state index contributed by atoms with van der Waals surface area (Å²) in [6, 6.07) is 23.3. The maximum atomic E-state index is 13.0. The van der Waals surface area contributed by atoms with Gasteiger partial charge in [-0.1, -0.05) is 48.5 Å². The van der Waals surface area contributed by atoms with Gasteiger partial charge in [0.15, 0.2) is 0 Å². The smallest absolute Gasteiger partial charge is 0.251 e. The first kappa shape index (κ1) is 22.5. The predicted molar refractivity (Wildman–Crippen MR) is 137 cm³/mol. The van der Waals surface area contributed by atoms with Gasteiger partial charge in [-0.3, -0.25) is 4.79 Å². The average molecular weight is 478 g/mol. The summed E-state index contributed by atoms with van der Waals surface area (Å²) in [5.41, 5.74) is 15.2. The van der Waals surface area contributed by atoms with Crippen molar-refractivity contribution >= 4 is 11.7 Å². The highest BCUT2D eigenvalue weighted by Crippen LogP contribution is 2.54. The van der Waals surface area contributed by atoms with E-state index in [0.717, 1.165) is 50.2 Å². The first-order valence-corrected chi connectivity index (χ1v) is 12.1. The lowest BCUT2D eigenvalue weighted by Gasteiger charge is -2.19. The fourth-order valence-electron chi connectivity index (χ4n) is 5.43. The number of nitrogens with two attached hydrogens (primary N) is 1. The fraction of sp³-hybridized carbons (Fsp3) is 0.200. The van der Waals surface area contributed by atoms with E-state index >= 15 is 0 Å². The zero-order valence-corrected chi connectivity index (χ0v) is 20.2. The summed E-state index contributed by atoms with van der Waals surface area (Å²) in [5.74, 6) is 0.332. The maximum Gasteiger partial charge on any atom is 0.251 e. The monoisotopic (exact) mass is 477 g/mol. The van der Waals surface area contributed by atoms with E-state index in [4.69, 9.17) is 10.5 Å². The number of aliphatic hydroxyl groups excluding tert-OH is 1. The number of aliphatic hydroxyl groups is 1. The Labute approximate surface area is 209 Å². The van der Waals surface area contributed by atoms with Gasteiger partial charge >= 0.3 is 0 Å². The number of hydrogen-bond donors (Lipinski definition) is 3. The number of aryl methyl sites for hydroxylation is 2. The highest BCUT2D eigenvalue weighted by atomic mass is 16.5. The number of rotatable bonds is 5. The molecule has 180 valence electrons. The number of fused-ring (bicyclic) bond motifs is 8. The van der Waals surface area contributed by atoms with E-state index in [-0.39, 0.29) is 18.1 Å². The molecule has 1 amide bonds. The Morgan fingerprint density at radius 2 is 1.64 bits per heavy atom. The molecule has 0 radical (unpaired) electrons. The number of amides is 1.